The molecule has 1 heterocycles. The van der Waals surface area contributed by atoms with Crippen molar-refractivity contribution in [2.24, 2.45) is 0 Å². The van der Waals surface area contributed by atoms with E-state index < -0.39 is 0 Å². The Morgan fingerprint density at radius 1 is 1.04 bits per heavy atom. The number of morpholine rings is 1. The second-order valence-corrected chi connectivity index (χ2v) is 6.65. The highest BCUT2D eigenvalue weighted by atomic mass is 16.5. The number of ether oxygens (including phenoxy) is 3. The van der Waals surface area contributed by atoms with Crippen LogP contribution in [0.1, 0.15) is 11.1 Å². The number of hydrogen-bond donors (Lipinski definition) is 1. The average Bonchev–Trinajstić information content (AvgIpc) is 2.74. The van der Waals surface area contributed by atoms with Gasteiger partial charge in [-0.1, -0.05) is 36.3 Å². The van der Waals surface area contributed by atoms with Gasteiger partial charge in [-0.2, -0.15) is 0 Å². The minimum absolute atomic E-state index is 0.279. The fourth-order valence-electron chi connectivity index (χ4n) is 3.11. The fourth-order valence-corrected chi connectivity index (χ4v) is 3.11. The number of benzene rings is 2. The van der Waals surface area contributed by atoms with Crippen molar-refractivity contribution >= 4 is 0 Å². The summed E-state index contributed by atoms with van der Waals surface area (Å²) in [4.78, 5) is 2.37. The Morgan fingerprint density at radius 2 is 1.89 bits per heavy atom. The molecule has 1 aliphatic heterocycles. The molecule has 0 aromatic heterocycles. The molecule has 0 aliphatic carbocycles. The van der Waals surface area contributed by atoms with Crippen molar-refractivity contribution in [1.82, 2.24) is 10.2 Å². The summed E-state index contributed by atoms with van der Waals surface area (Å²) in [7, 11) is 0. The van der Waals surface area contributed by atoms with Gasteiger partial charge in [0.1, 0.15) is 24.7 Å². The molecule has 148 valence electrons. The van der Waals surface area contributed by atoms with E-state index >= 15 is 0 Å². The number of rotatable bonds is 10. The lowest BCUT2D eigenvalue weighted by atomic mass is 10.2. The van der Waals surface area contributed by atoms with E-state index in [9.17, 15) is 0 Å². The molecule has 1 saturated heterocycles. The lowest BCUT2D eigenvalue weighted by Gasteiger charge is -2.26. The lowest BCUT2D eigenvalue weighted by molar-refractivity contribution is 0.0322. The predicted molar refractivity (Wildman–Crippen MR) is 111 cm³/mol. The first kappa shape index (κ1) is 20.2. The molecule has 3 rings (SSSR count). The average molecular weight is 380 g/mol. The summed E-state index contributed by atoms with van der Waals surface area (Å²) in [5.74, 6) is 4.24. The molecule has 0 unspecified atom stereocenters. The van der Waals surface area contributed by atoms with Crippen molar-refractivity contribution in [3.05, 3.63) is 59.7 Å². The molecule has 2 aromatic carbocycles. The number of hydrogen-bond acceptors (Lipinski definition) is 5. The molecule has 1 aliphatic rings. The second-order valence-electron chi connectivity index (χ2n) is 6.65. The van der Waals surface area contributed by atoms with E-state index in [2.05, 4.69) is 28.3 Å². The van der Waals surface area contributed by atoms with E-state index in [1.54, 1.807) is 0 Å². The van der Waals surface area contributed by atoms with E-state index in [0.29, 0.717) is 13.2 Å². The molecule has 0 saturated carbocycles. The van der Waals surface area contributed by atoms with Crippen molar-refractivity contribution in [2.75, 3.05) is 46.1 Å². The minimum Gasteiger partial charge on any atom is -0.492 e. The van der Waals surface area contributed by atoms with Crippen molar-refractivity contribution in [3.8, 4) is 23.8 Å². The maximum absolute atomic E-state index is 5.93. The summed E-state index contributed by atoms with van der Waals surface area (Å²) >= 11 is 0. The molecule has 5 heteroatoms. The van der Waals surface area contributed by atoms with Crippen LogP contribution >= 0.6 is 0 Å². The Hall–Kier alpha value is -2.52. The van der Waals surface area contributed by atoms with Crippen LogP contribution < -0.4 is 14.8 Å². The van der Waals surface area contributed by atoms with Crippen molar-refractivity contribution in [3.63, 3.8) is 0 Å². The number of nitrogens with zero attached hydrogens (tertiary/aromatic N) is 1. The van der Waals surface area contributed by atoms with Crippen molar-refractivity contribution in [1.29, 1.82) is 0 Å². The van der Waals surface area contributed by atoms with Crippen LogP contribution in [0.3, 0.4) is 0 Å². The predicted octanol–water partition coefficient (Wildman–Crippen LogP) is 2.70. The summed E-state index contributed by atoms with van der Waals surface area (Å²) in [5, 5.41) is 3.46. The summed E-state index contributed by atoms with van der Waals surface area (Å²) < 4.78 is 16.9. The van der Waals surface area contributed by atoms with Gasteiger partial charge in [-0.25, -0.2) is 0 Å². The first-order valence-corrected chi connectivity index (χ1v) is 9.72. The summed E-state index contributed by atoms with van der Waals surface area (Å²) in [6.07, 6.45) is 5.28. The highest BCUT2D eigenvalue weighted by molar-refractivity contribution is 5.34. The van der Waals surface area contributed by atoms with Crippen LogP contribution in [-0.2, 0) is 17.8 Å². The van der Waals surface area contributed by atoms with Gasteiger partial charge < -0.3 is 19.5 Å². The third-order valence-corrected chi connectivity index (χ3v) is 4.61. The van der Waals surface area contributed by atoms with Crippen LogP contribution in [0, 0.1) is 12.3 Å². The molecule has 0 amide bonds. The Bertz CT molecular complexity index is 766. The van der Waals surface area contributed by atoms with E-state index in [1.165, 1.54) is 5.56 Å². The quantitative estimate of drug-likeness (QED) is 0.642. The number of para-hydroxylation sites is 1. The monoisotopic (exact) mass is 380 g/mol. The standard InChI is InChI=1S/C23H28N2O3/c1-2-13-28-23-9-4-3-7-21(23)19-24-18-20-6-5-8-22(17-20)27-16-12-25-10-14-26-15-11-25/h1,3-9,17,24H,10-16,18-19H2. The van der Waals surface area contributed by atoms with Crippen LogP contribution in [0.4, 0.5) is 0 Å². The summed E-state index contributed by atoms with van der Waals surface area (Å²) in [6.45, 7) is 6.97. The van der Waals surface area contributed by atoms with E-state index in [-0.39, 0.29) is 6.61 Å². The van der Waals surface area contributed by atoms with Gasteiger partial charge in [-0.15, -0.1) is 6.42 Å². The molecule has 0 spiro atoms. The van der Waals surface area contributed by atoms with E-state index in [4.69, 9.17) is 20.6 Å². The third-order valence-electron chi connectivity index (χ3n) is 4.61. The zero-order valence-electron chi connectivity index (χ0n) is 16.2. The Labute approximate surface area is 167 Å². The zero-order valence-corrected chi connectivity index (χ0v) is 16.2. The molecule has 0 bridgehead atoms. The highest BCUT2D eigenvalue weighted by Gasteiger charge is 2.09. The summed E-state index contributed by atoms with van der Waals surface area (Å²) in [5.41, 5.74) is 2.28. The molecule has 28 heavy (non-hydrogen) atoms. The van der Waals surface area contributed by atoms with Gasteiger partial charge >= 0.3 is 0 Å². The first-order valence-electron chi connectivity index (χ1n) is 9.72. The lowest BCUT2D eigenvalue weighted by Crippen LogP contribution is -2.38. The fraction of sp³-hybridized carbons (Fsp3) is 0.391. The normalized spacial score (nSPS) is 14.4. The first-order chi connectivity index (χ1) is 13.8. The van der Waals surface area contributed by atoms with Gasteiger partial charge in [-0.05, 0) is 23.8 Å². The Kier molecular flexibility index (Phi) is 8.20. The molecule has 2 aromatic rings. The highest BCUT2D eigenvalue weighted by Crippen LogP contribution is 2.18. The zero-order chi connectivity index (χ0) is 19.4. The van der Waals surface area contributed by atoms with Crippen molar-refractivity contribution < 1.29 is 14.2 Å². The SMILES string of the molecule is C#CCOc1ccccc1CNCc1cccc(OCCN2CCOCC2)c1. The topological polar surface area (TPSA) is 43.0 Å². The van der Waals surface area contributed by atoms with E-state index in [1.807, 2.05) is 36.4 Å². The molecule has 1 fully saturated rings. The van der Waals surface area contributed by atoms with Crippen LogP contribution in [0.2, 0.25) is 0 Å². The minimum atomic E-state index is 0.279. The molecule has 5 nitrogen and oxygen atoms in total. The molecule has 0 radical (unpaired) electrons. The Morgan fingerprint density at radius 3 is 2.75 bits per heavy atom. The van der Waals surface area contributed by atoms with Crippen LogP contribution in [-0.4, -0.2) is 51.0 Å². The van der Waals surface area contributed by atoms with Gasteiger partial charge in [0.05, 0.1) is 13.2 Å². The van der Waals surface area contributed by atoms with Crippen LogP contribution in [0.25, 0.3) is 0 Å². The summed E-state index contributed by atoms with van der Waals surface area (Å²) in [6, 6.07) is 16.2. The largest absolute Gasteiger partial charge is 0.492 e. The van der Waals surface area contributed by atoms with Crippen LogP contribution in [0.5, 0.6) is 11.5 Å². The van der Waals surface area contributed by atoms with Gasteiger partial charge in [-0.3, -0.25) is 4.90 Å². The molecular formula is C23H28N2O3. The molecule has 1 N–H and O–H groups in total. The number of terminal acetylenes is 1. The third kappa shape index (κ3) is 6.58. The second kappa shape index (κ2) is 11.4. The number of nitrogens with one attached hydrogen (secondary N) is 1. The maximum Gasteiger partial charge on any atom is 0.148 e. The van der Waals surface area contributed by atoms with Gasteiger partial charge in [0, 0.05) is 38.3 Å². The van der Waals surface area contributed by atoms with Crippen LogP contribution in [0.15, 0.2) is 48.5 Å². The van der Waals surface area contributed by atoms with Crippen molar-refractivity contribution in [2.45, 2.75) is 13.1 Å². The van der Waals surface area contributed by atoms with Gasteiger partial charge in [0.15, 0.2) is 0 Å². The smallest absolute Gasteiger partial charge is 0.148 e. The Balaban J connectivity index is 1.44. The maximum atomic E-state index is 5.93. The van der Waals surface area contributed by atoms with Gasteiger partial charge in [0.2, 0.25) is 0 Å². The molecular weight excluding hydrogens is 352 g/mol. The molecule has 0 atom stereocenters. The van der Waals surface area contributed by atoms with E-state index in [0.717, 1.165) is 56.5 Å². The van der Waals surface area contributed by atoms with Gasteiger partial charge in [0.25, 0.3) is 0 Å².